The number of hydrogen-bond acceptors (Lipinski definition) is 4. The number of aromatic nitrogens is 3. The van der Waals surface area contributed by atoms with Crippen molar-refractivity contribution < 1.29 is 0 Å². The molecule has 0 saturated heterocycles. The highest BCUT2D eigenvalue weighted by atomic mass is 15.2. The van der Waals surface area contributed by atoms with Gasteiger partial charge in [-0.1, -0.05) is 188 Å². The summed E-state index contributed by atoms with van der Waals surface area (Å²) >= 11 is 0. The molecule has 0 N–H and O–H groups in total. The minimum absolute atomic E-state index is 0.578. The molecule has 0 radical (unpaired) electrons. The second-order valence-corrected chi connectivity index (χ2v) is 15.5. The van der Waals surface area contributed by atoms with Crippen molar-refractivity contribution in [2.75, 3.05) is 4.90 Å². The van der Waals surface area contributed by atoms with E-state index in [1.165, 1.54) is 44.8 Å². The molecule has 1 aliphatic carbocycles. The molecule has 1 aromatic heterocycles. The first kappa shape index (κ1) is 34.1. The summed E-state index contributed by atoms with van der Waals surface area (Å²) in [5.41, 5.74) is 15.5. The van der Waals surface area contributed by atoms with Crippen molar-refractivity contribution >= 4 is 27.8 Å². The van der Waals surface area contributed by atoms with Crippen LogP contribution in [0.25, 0.3) is 67.2 Å². The second-order valence-electron chi connectivity index (χ2n) is 15.5. The van der Waals surface area contributed by atoms with Gasteiger partial charge in [-0.2, -0.15) is 0 Å². The van der Waals surface area contributed by atoms with Crippen LogP contribution in [0.2, 0.25) is 0 Å². The van der Waals surface area contributed by atoms with Crippen molar-refractivity contribution in [3.05, 3.63) is 241 Å². The summed E-state index contributed by atoms with van der Waals surface area (Å²) < 4.78 is 0. The fourth-order valence-electron chi connectivity index (χ4n) is 9.80. The molecular weight excluding hydrogens is 729 g/mol. The molecule has 280 valence electrons. The van der Waals surface area contributed by atoms with E-state index >= 15 is 0 Å². The summed E-state index contributed by atoms with van der Waals surface area (Å²) in [6.07, 6.45) is 0. The summed E-state index contributed by atoms with van der Waals surface area (Å²) in [6.45, 7) is 0. The monoisotopic (exact) mass is 764 g/mol. The fraction of sp³-hybridized carbons (Fsp3) is 0.0179. The second kappa shape index (κ2) is 13.6. The van der Waals surface area contributed by atoms with Gasteiger partial charge in [-0.05, 0) is 85.6 Å². The average molecular weight is 765 g/mol. The van der Waals surface area contributed by atoms with Crippen LogP contribution in [-0.2, 0) is 5.41 Å². The standard InChI is InChI=1S/C56H36N4/c1-4-19-38(20-5-1)53-57-54(39-21-6-2-7-22-39)59-55(58-53)52-42-25-11-10-18-37(42)32-34-43(52)40-33-35-45-44-26-12-13-27-46(44)56(49(45)36-40)47-28-14-16-30-50(47)60(41-23-8-3-9-24-41)51-31-17-15-29-48(51)56/h1-36H. The van der Waals surface area contributed by atoms with Crippen molar-refractivity contribution in [3.63, 3.8) is 0 Å². The number of nitrogens with zero attached hydrogens (tertiary/aromatic N) is 4. The zero-order chi connectivity index (χ0) is 39.6. The molecule has 2 heterocycles. The fourth-order valence-corrected chi connectivity index (χ4v) is 9.80. The van der Waals surface area contributed by atoms with Gasteiger partial charge in [-0.15, -0.1) is 0 Å². The molecule has 0 fully saturated rings. The number of rotatable bonds is 5. The van der Waals surface area contributed by atoms with Crippen LogP contribution in [0.15, 0.2) is 218 Å². The Bertz CT molecular complexity index is 3160. The van der Waals surface area contributed by atoms with Crippen LogP contribution in [0.1, 0.15) is 22.3 Å². The Balaban J connectivity index is 1.14. The first-order valence-corrected chi connectivity index (χ1v) is 20.5. The lowest BCUT2D eigenvalue weighted by Crippen LogP contribution is -2.36. The lowest BCUT2D eigenvalue weighted by atomic mass is 9.64. The molecule has 0 amide bonds. The molecule has 1 spiro atoms. The summed E-state index contributed by atoms with van der Waals surface area (Å²) in [5.74, 6) is 1.92. The Kier molecular flexibility index (Phi) is 7.72. The van der Waals surface area contributed by atoms with E-state index in [0.717, 1.165) is 44.3 Å². The van der Waals surface area contributed by atoms with Gasteiger partial charge < -0.3 is 4.90 Å². The molecule has 2 aliphatic rings. The molecule has 10 aromatic rings. The summed E-state index contributed by atoms with van der Waals surface area (Å²) in [4.78, 5) is 18.1. The SMILES string of the molecule is c1ccc(-c2nc(-c3ccccc3)nc(-c3c(-c4ccc5c(c4)C4(c6ccccc6-5)c5ccccc5N(c5ccccc5)c5ccccc54)ccc4ccccc34)n2)cc1. The molecule has 0 bridgehead atoms. The predicted molar refractivity (Wildman–Crippen MR) is 245 cm³/mol. The molecule has 0 atom stereocenters. The maximum Gasteiger partial charge on any atom is 0.165 e. The lowest BCUT2D eigenvalue weighted by molar-refractivity contribution is 0.753. The van der Waals surface area contributed by atoms with Crippen molar-refractivity contribution in [2.45, 2.75) is 5.41 Å². The average Bonchev–Trinajstić information content (AvgIpc) is 3.62. The predicted octanol–water partition coefficient (Wildman–Crippen LogP) is 13.8. The summed E-state index contributed by atoms with van der Waals surface area (Å²) in [6, 6.07) is 78.2. The van der Waals surface area contributed by atoms with Crippen molar-refractivity contribution in [1.29, 1.82) is 0 Å². The first-order valence-electron chi connectivity index (χ1n) is 20.5. The van der Waals surface area contributed by atoms with Gasteiger partial charge in [0.05, 0.1) is 16.8 Å². The van der Waals surface area contributed by atoms with E-state index < -0.39 is 5.41 Å². The molecular formula is C56H36N4. The van der Waals surface area contributed by atoms with E-state index in [4.69, 9.17) is 15.0 Å². The van der Waals surface area contributed by atoms with Gasteiger partial charge in [0.1, 0.15) is 0 Å². The Labute approximate surface area is 348 Å². The van der Waals surface area contributed by atoms with E-state index in [2.05, 4.69) is 187 Å². The maximum atomic E-state index is 5.29. The normalized spacial score (nSPS) is 13.1. The zero-order valence-corrected chi connectivity index (χ0v) is 32.6. The van der Waals surface area contributed by atoms with Gasteiger partial charge in [-0.25, -0.2) is 15.0 Å². The topological polar surface area (TPSA) is 41.9 Å². The molecule has 4 nitrogen and oxygen atoms in total. The number of para-hydroxylation sites is 3. The van der Waals surface area contributed by atoms with Gasteiger partial charge in [0.25, 0.3) is 0 Å². The first-order chi connectivity index (χ1) is 29.8. The Morgan fingerprint density at radius 3 is 1.50 bits per heavy atom. The lowest BCUT2D eigenvalue weighted by Gasteiger charge is -2.45. The summed E-state index contributed by atoms with van der Waals surface area (Å²) in [7, 11) is 0. The Hall–Kier alpha value is -7.95. The molecule has 12 rings (SSSR count). The third-order valence-corrected chi connectivity index (χ3v) is 12.3. The molecule has 4 heteroatoms. The van der Waals surface area contributed by atoms with Gasteiger partial charge in [0.2, 0.25) is 0 Å². The van der Waals surface area contributed by atoms with Crippen LogP contribution in [0.3, 0.4) is 0 Å². The quantitative estimate of drug-likeness (QED) is 0.175. The Morgan fingerprint density at radius 2 is 0.833 bits per heavy atom. The van der Waals surface area contributed by atoms with E-state index in [-0.39, 0.29) is 0 Å². The molecule has 9 aromatic carbocycles. The maximum absolute atomic E-state index is 5.29. The highest BCUT2D eigenvalue weighted by Crippen LogP contribution is 2.63. The number of benzene rings is 9. The van der Waals surface area contributed by atoms with Gasteiger partial charge >= 0.3 is 0 Å². The van der Waals surface area contributed by atoms with Crippen molar-refractivity contribution in [2.24, 2.45) is 0 Å². The van der Waals surface area contributed by atoms with Crippen molar-refractivity contribution in [1.82, 2.24) is 15.0 Å². The van der Waals surface area contributed by atoms with E-state index in [0.29, 0.717) is 17.5 Å². The van der Waals surface area contributed by atoms with Gasteiger partial charge in [0, 0.05) is 22.4 Å². The van der Waals surface area contributed by atoms with E-state index in [1.54, 1.807) is 0 Å². The van der Waals surface area contributed by atoms with Crippen LogP contribution in [0, 0.1) is 0 Å². The van der Waals surface area contributed by atoms with Gasteiger partial charge in [-0.3, -0.25) is 0 Å². The third kappa shape index (κ3) is 5.07. The largest absolute Gasteiger partial charge is 0.310 e. The van der Waals surface area contributed by atoms with Gasteiger partial charge in [0.15, 0.2) is 17.5 Å². The highest BCUT2D eigenvalue weighted by Gasteiger charge is 2.51. The Morgan fingerprint density at radius 1 is 0.333 bits per heavy atom. The number of fused-ring (bicyclic) bond motifs is 10. The van der Waals surface area contributed by atoms with Crippen LogP contribution >= 0.6 is 0 Å². The third-order valence-electron chi connectivity index (χ3n) is 12.3. The highest BCUT2D eigenvalue weighted by molar-refractivity contribution is 6.04. The number of anilines is 3. The number of hydrogen-bond donors (Lipinski definition) is 0. The molecule has 1 aliphatic heterocycles. The minimum atomic E-state index is -0.578. The van der Waals surface area contributed by atoms with Crippen LogP contribution in [0.5, 0.6) is 0 Å². The van der Waals surface area contributed by atoms with Crippen molar-refractivity contribution in [3.8, 4) is 56.4 Å². The minimum Gasteiger partial charge on any atom is -0.310 e. The van der Waals surface area contributed by atoms with E-state index in [9.17, 15) is 0 Å². The summed E-state index contributed by atoms with van der Waals surface area (Å²) in [5, 5.41) is 2.21. The van der Waals surface area contributed by atoms with Crippen LogP contribution in [0.4, 0.5) is 17.1 Å². The smallest absolute Gasteiger partial charge is 0.165 e. The molecule has 0 unspecified atom stereocenters. The van der Waals surface area contributed by atoms with Crippen LogP contribution < -0.4 is 4.90 Å². The molecule has 60 heavy (non-hydrogen) atoms. The zero-order valence-electron chi connectivity index (χ0n) is 32.6. The van der Waals surface area contributed by atoms with E-state index in [1.807, 2.05) is 36.4 Å². The molecule has 0 saturated carbocycles. The van der Waals surface area contributed by atoms with Crippen LogP contribution in [-0.4, -0.2) is 15.0 Å².